The maximum Gasteiger partial charge on any atom is 0.337 e. The highest BCUT2D eigenvalue weighted by atomic mass is 16.4. The van der Waals surface area contributed by atoms with Gasteiger partial charge in [0.2, 0.25) is 0 Å². The van der Waals surface area contributed by atoms with E-state index in [-0.39, 0.29) is 16.7 Å². The Bertz CT molecular complexity index is 1040. The van der Waals surface area contributed by atoms with Crippen LogP contribution in [0, 0.1) is 0 Å². The van der Waals surface area contributed by atoms with Gasteiger partial charge in [0.15, 0.2) is 0 Å². The fourth-order valence-corrected chi connectivity index (χ4v) is 3.04. The summed E-state index contributed by atoms with van der Waals surface area (Å²) in [5.41, 5.74) is -0.172. The van der Waals surface area contributed by atoms with Crippen molar-refractivity contribution in [1.82, 2.24) is 0 Å². The quantitative estimate of drug-likeness (QED) is 0.629. The van der Waals surface area contributed by atoms with Gasteiger partial charge in [0.1, 0.15) is 0 Å². The Morgan fingerprint density at radius 1 is 0.556 bits per heavy atom. The topological polar surface area (TPSA) is 112 Å². The van der Waals surface area contributed by atoms with E-state index < -0.39 is 29.0 Å². The number of rotatable bonds is 5. The molecule has 3 aromatic rings. The van der Waals surface area contributed by atoms with Gasteiger partial charge in [-0.15, -0.1) is 0 Å². The second kappa shape index (κ2) is 7.13. The van der Waals surface area contributed by atoms with Crippen molar-refractivity contribution in [1.29, 1.82) is 0 Å². The van der Waals surface area contributed by atoms with Crippen LogP contribution in [0.1, 0.15) is 31.1 Å². The van der Waals surface area contributed by atoms with E-state index in [1.807, 2.05) is 0 Å². The monoisotopic (exact) mass is 362 g/mol. The van der Waals surface area contributed by atoms with Crippen molar-refractivity contribution in [3.05, 3.63) is 83.4 Å². The van der Waals surface area contributed by atoms with Crippen molar-refractivity contribution in [2.45, 2.75) is 0 Å². The number of carboxylic acids is 3. The summed E-state index contributed by atoms with van der Waals surface area (Å²) in [5.74, 6) is -4.29. The molecular weight excluding hydrogens is 348 g/mol. The lowest BCUT2D eigenvalue weighted by atomic mass is 9.84. The third kappa shape index (κ3) is 3.28. The fraction of sp³-hybridized carbons (Fsp3) is 0. The molecule has 0 bridgehead atoms. The first-order chi connectivity index (χ1) is 12.9. The maximum atomic E-state index is 12.0. The minimum atomic E-state index is -1.51. The lowest BCUT2D eigenvalue weighted by Crippen LogP contribution is -2.14. The molecular formula is C21H14O6. The first-order valence-corrected chi connectivity index (χ1v) is 7.93. The smallest absolute Gasteiger partial charge is 0.337 e. The molecule has 0 aliphatic rings. The van der Waals surface area contributed by atoms with Gasteiger partial charge in [0.05, 0.1) is 16.7 Å². The van der Waals surface area contributed by atoms with Crippen LogP contribution in [0.15, 0.2) is 66.7 Å². The van der Waals surface area contributed by atoms with Crippen LogP contribution >= 0.6 is 0 Å². The highest BCUT2D eigenvalue weighted by molar-refractivity contribution is 6.14. The average molecular weight is 362 g/mol. The average Bonchev–Trinajstić information content (AvgIpc) is 2.67. The van der Waals surface area contributed by atoms with E-state index in [1.165, 1.54) is 0 Å². The summed E-state index contributed by atoms with van der Waals surface area (Å²) in [6.07, 6.45) is 0. The molecule has 0 heterocycles. The van der Waals surface area contributed by atoms with Gasteiger partial charge in [-0.3, -0.25) is 0 Å². The summed E-state index contributed by atoms with van der Waals surface area (Å²) in [4.78, 5) is 35.5. The Kier molecular flexibility index (Phi) is 4.72. The van der Waals surface area contributed by atoms with Crippen LogP contribution < -0.4 is 0 Å². The van der Waals surface area contributed by atoms with E-state index in [4.69, 9.17) is 0 Å². The van der Waals surface area contributed by atoms with Gasteiger partial charge in [0, 0.05) is 11.1 Å². The maximum absolute atomic E-state index is 12.0. The molecule has 0 fully saturated rings. The Morgan fingerprint density at radius 3 is 1.41 bits per heavy atom. The third-order valence-electron chi connectivity index (χ3n) is 4.13. The Hall–Kier alpha value is -3.93. The Morgan fingerprint density at radius 2 is 1.00 bits per heavy atom. The number of hydrogen-bond acceptors (Lipinski definition) is 3. The first-order valence-electron chi connectivity index (χ1n) is 7.93. The fourth-order valence-electron chi connectivity index (χ4n) is 3.04. The normalized spacial score (nSPS) is 10.4. The van der Waals surface area contributed by atoms with E-state index in [0.29, 0.717) is 11.1 Å². The molecule has 0 saturated heterocycles. The van der Waals surface area contributed by atoms with E-state index >= 15 is 0 Å². The summed E-state index contributed by atoms with van der Waals surface area (Å²) in [5, 5.41) is 28.9. The predicted molar refractivity (Wildman–Crippen MR) is 98.2 cm³/mol. The van der Waals surface area contributed by atoms with Crippen LogP contribution in [0.5, 0.6) is 0 Å². The van der Waals surface area contributed by atoms with Crippen molar-refractivity contribution in [3.63, 3.8) is 0 Å². The van der Waals surface area contributed by atoms with E-state index in [9.17, 15) is 29.7 Å². The van der Waals surface area contributed by atoms with Crippen molar-refractivity contribution >= 4 is 17.9 Å². The molecule has 27 heavy (non-hydrogen) atoms. The Labute approximate surface area is 154 Å². The minimum Gasteiger partial charge on any atom is -0.478 e. The van der Waals surface area contributed by atoms with Crippen molar-refractivity contribution in [2.75, 3.05) is 0 Å². The van der Waals surface area contributed by atoms with Crippen LogP contribution in [0.25, 0.3) is 22.3 Å². The first kappa shape index (κ1) is 17.9. The zero-order chi connectivity index (χ0) is 19.6. The zero-order valence-electron chi connectivity index (χ0n) is 13.9. The predicted octanol–water partition coefficient (Wildman–Crippen LogP) is 4.12. The van der Waals surface area contributed by atoms with Gasteiger partial charge in [-0.05, 0) is 17.2 Å². The van der Waals surface area contributed by atoms with Crippen molar-refractivity contribution in [3.8, 4) is 22.3 Å². The molecule has 134 valence electrons. The van der Waals surface area contributed by atoms with E-state index in [1.54, 1.807) is 60.7 Å². The molecule has 6 nitrogen and oxygen atoms in total. The minimum absolute atomic E-state index is 0.0617. The van der Waals surface area contributed by atoms with E-state index in [0.717, 1.165) is 6.07 Å². The van der Waals surface area contributed by atoms with Gasteiger partial charge < -0.3 is 15.3 Å². The number of aromatic carboxylic acids is 3. The molecule has 3 N–H and O–H groups in total. The van der Waals surface area contributed by atoms with Gasteiger partial charge in [-0.25, -0.2) is 14.4 Å². The molecule has 0 saturated carbocycles. The molecule has 0 amide bonds. The Balaban J connectivity index is 2.58. The molecule has 0 radical (unpaired) electrons. The molecule has 0 aliphatic heterocycles. The number of hydrogen-bond donors (Lipinski definition) is 3. The second-order valence-electron chi connectivity index (χ2n) is 5.74. The number of carbonyl (C=O) groups is 3. The van der Waals surface area contributed by atoms with Crippen LogP contribution in [-0.4, -0.2) is 33.2 Å². The molecule has 3 rings (SSSR count). The lowest BCUT2D eigenvalue weighted by Gasteiger charge is -2.18. The van der Waals surface area contributed by atoms with Crippen LogP contribution in [-0.2, 0) is 0 Å². The number of benzene rings is 3. The zero-order valence-corrected chi connectivity index (χ0v) is 13.9. The summed E-state index contributed by atoms with van der Waals surface area (Å²) in [7, 11) is 0. The molecule has 6 heteroatoms. The third-order valence-corrected chi connectivity index (χ3v) is 4.13. The highest BCUT2D eigenvalue weighted by Crippen LogP contribution is 2.39. The second-order valence-corrected chi connectivity index (χ2v) is 5.74. The molecule has 3 aromatic carbocycles. The van der Waals surface area contributed by atoms with Crippen LogP contribution in [0.3, 0.4) is 0 Å². The molecule has 0 unspecified atom stereocenters. The summed E-state index contributed by atoms with van der Waals surface area (Å²) >= 11 is 0. The van der Waals surface area contributed by atoms with Crippen molar-refractivity contribution in [2.24, 2.45) is 0 Å². The standard InChI is InChI=1S/C21H14O6/c22-19(23)14-11-15(20(24)25)18(21(26)27)17(13-9-5-2-6-10-13)16(14)12-7-3-1-4-8-12/h1-11H,(H,22,23)(H,24,25)(H,26,27). The summed E-state index contributed by atoms with van der Waals surface area (Å²) in [6.45, 7) is 0. The molecule has 0 aliphatic carbocycles. The summed E-state index contributed by atoms with van der Waals surface area (Å²) in [6, 6.07) is 17.7. The largest absolute Gasteiger partial charge is 0.478 e. The van der Waals surface area contributed by atoms with Crippen LogP contribution in [0.2, 0.25) is 0 Å². The van der Waals surface area contributed by atoms with Gasteiger partial charge in [-0.2, -0.15) is 0 Å². The van der Waals surface area contributed by atoms with Gasteiger partial charge >= 0.3 is 17.9 Å². The van der Waals surface area contributed by atoms with E-state index in [2.05, 4.69) is 0 Å². The van der Waals surface area contributed by atoms with Gasteiger partial charge in [-0.1, -0.05) is 60.7 Å². The molecule has 0 atom stereocenters. The van der Waals surface area contributed by atoms with Crippen molar-refractivity contribution < 1.29 is 29.7 Å². The molecule has 0 aromatic heterocycles. The van der Waals surface area contributed by atoms with Crippen LogP contribution in [0.4, 0.5) is 0 Å². The SMILES string of the molecule is O=C(O)c1cc(C(=O)O)c(-c2ccccc2)c(-c2ccccc2)c1C(=O)O. The summed E-state index contributed by atoms with van der Waals surface area (Å²) < 4.78 is 0. The number of carboxylic acid groups (broad SMARTS) is 3. The van der Waals surface area contributed by atoms with Gasteiger partial charge in [0.25, 0.3) is 0 Å². The molecule has 0 spiro atoms. The highest BCUT2D eigenvalue weighted by Gasteiger charge is 2.29. The lowest BCUT2D eigenvalue weighted by molar-refractivity contribution is 0.0650.